The van der Waals surface area contributed by atoms with Crippen LogP contribution >= 0.6 is 23.4 Å². The highest BCUT2D eigenvalue weighted by molar-refractivity contribution is 7.98. The van der Waals surface area contributed by atoms with Gasteiger partial charge in [0.25, 0.3) is 0 Å². The molecule has 0 saturated heterocycles. The summed E-state index contributed by atoms with van der Waals surface area (Å²) in [5.74, 6) is 0.741. The molecule has 1 aliphatic heterocycles. The topological polar surface area (TPSA) is 90.0 Å². The van der Waals surface area contributed by atoms with Crippen LogP contribution in [-0.4, -0.2) is 39.3 Å². The highest BCUT2D eigenvalue weighted by Crippen LogP contribution is 2.48. The minimum absolute atomic E-state index is 0.00514. The molecule has 2 N–H and O–H groups in total. The lowest BCUT2D eigenvalue weighted by Crippen LogP contribution is -2.27. The first-order chi connectivity index (χ1) is 17.2. The van der Waals surface area contributed by atoms with Crippen LogP contribution in [0.5, 0.6) is 5.75 Å². The van der Waals surface area contributed by atoms with Gasteiger partial charge in [0.05, 0.1) is 33.7 Å². The van der Waals surface area contributed by atoms with Crippen LogP contribution < -0.4 is 15.4 Å². The van der Waals surface area contributed by atoms with E-state index in [0.29, 0.717) is 29.8 Å². The number of thioether (sulfide) groups is 1. The van der Waals surface area contributed by atoms with Gasteiger partial charge in [-0.05, 0) is 42.5 Å². The second-order valence-electron chi connectivity index (χ2n) is 8.25. The molecule has 4 aromatic rings. The zero-order valence-electron chi connectivity index (χ0n) is 19.2. The fraction of sp³-hybridized carbons (Fsp3) is 0.250. The van der Waals surface area contributed by atoms with Crippen molar-refractivity contribution in [2.75, 3.05) is 30.0 Å². The summed E-state index contributed by atoms with van der Waals surface area (Å²) in [6.07, 6.45) is 2.26. The molecular weight excluding hydrogens is 513 g/mol. The minimum atomic E-state index is -4.67. The maximum Gasteiger partial charge on any atom is 0.418 e. The lowest BCUT2D eigenvalue weighted by atomic mass is 9.99. The quantitative estimate of drug-likeness (QED) is 0.331. The molecule has 0 aliphatic carbocycles. The van der Waals surface area contributed by atoms with Crippen molar-refractivity contribution in [2.24, 2.45) is 0 Å². The number of pyridine rings is 2. The molecule has 4 heterocycles. The molecule has 0 fully saturated rings. The van der Waals surface area contributed by atoms with Gasteiger partial charge in [0.15, 0.2) is 5.75 Å². The lowest BCUT2D eigenvalue weighted by Gasteiger charge is -2.22. The average Bonchev–Trinajstić information content (AvgIpc) is 3.01. The molecule has 0 unspecified atom stereocenters. The Labute approximate surface area is 213 Å². The molecule has 0 radical (unpaired) electrons. The number of nitrogens with two attached hydrogens (primary N) is 1. The van der Waals surface area contributed by atoms with E-state index in [0.717, 1.165) is 10.5 Å². The number of alkyl halides is 3. The number of rotatable bonds is 4. The summed E-state index contributed by atoms with van der Waals surface area (Å²) in [5, 5.41) is 0.515. The molecule has 5 rings (SSSR count). The molecule has 0 bridgehead atoms. The number of hydrogen-bond acceptors (Lipinski definition) is 8. The summed E-state index contributed by atoms with van der Waals surface area (Å²) in [5.41, 5.74) is 5.90. The molecule has 0 saturated carbocycles. The lowest BCUT2D eigenvalue weighted by molar-refractivity contribution is -0.137. The van der Waals surface area contributed by atoms with Crippen molar-refractivity contribution in [2.45, 2.75) is 24.5 Å². The van der Waals surface area contributed by atoms with Gasteiger partial charge in [-0.25, -0.2) is 15.0 Å². The average molecular weight is 533 g/mol. The van der Waals surface area contributed by atoms with Gasteiger partial charge in [-0.15, -0.1) is 11.8 Å². The third kappa shape index (κ3) is 4.37. The second kappa shape index (κ2) is 9.29. The third-order valence-electron chi connectivity index (χ3n) is 5.86. The Balaban J connectivity index is 1.69. The van der Waals surface area contributed by atoms with Crippen LogP contribution in [0.15, 0.2) is 41.8 Å². The maximum atomic E-state index is 14.0. The van der Waals surface area contributed by atoms with Gasteiger partial charge < -0.3 is 15.4 Å². The van der Waals surface area contributed by atoms with Crippen molar-refractivity contribution >= 4 is 45.9 Å². The normalized spacial score (nSPS) is 13.6. The summed E-state index contributed by atoms with van der Waals surface area (Å²) in [4.78, 5) is 20.2. The van der Waals surface area contributed by atoms with Gasteiger partial charge in [0, 0.05) is 29.4 Å². The van der Waals surface area contributed by atoms with Crippen LogP contribution in [0.1, 0.15) is 16.7 Å². The molecule has 0 spiro atoms. The van der Waals surface area contributed by atoms with Gasteiger partial charge in [-0.3, -0.25) is 4.98 Å². The van der Waals surface area contributed by atoms with Crippen molar-refractivity contribution < 1.29 is 17.9 Å². The standard InChI is InChI=1S/C24H20ClF3N6OS/c1-12-5-17(29)33-21(19(12)24(26,27)28)15-7-16-18-22(20(15)25)35-4-3-34(23(18)32-11-31-16)10-13-6-14(36-2)9-30-8-13/h5-9,11H,3-4,10H2,1-2H3,(H2,29,33). The van der Waals surface area contributed by atoms with Crippen molar-refractivity contribution in [3.05, 3.63) is 58.6 Å². The second-order valence-corrected chi connectivity index (χ2v) is 9.50. The largest absolute Gasteiger partial charge is 0.489 e. The monoisotopic (exact) mass is 532 g/mol. The zero-order valence-corrected chi connectivity index (χ0v) is 20.8. The molecule has 12 heteroatoms. The SMILES string of the molecule is CSc1cncc(CN2CCOc3c(Cl)c(-c4nc(N)cc(C)c4C(F)(F)F)cc4ncnc2c34)c1. The van der Waals surface area contributed by atoms with E-state index in [1.54, 1.807) is 24.2 Å². The number of hydrogen-bond donors (Lipinski definition) is 1. The number of anilines is 2. The summed E-state index contributed by atoms with van der Waals surface area (Å²) >= 11 is 8.31. The van der Waals surface area contributed by atoms with E-state index < -0.39 is 11.7 Å². The van der Waals surface area contributed by atoms with E-state index in [1.807, 2.05) is 17.2 Å². The summed E-state index contributed by atoms with van der Waals surface area (Å²) in [7, 11) is 0. The van der Waals surface area contributed by atoms with Gasteiger partial charge in [0.1, 0.15) is 24.6 Å². The van der Waals surface area contributed by atoms with E-state index in [4.69, 9.17) is 22.1 Å². The summed E-state index contributed by atoms with van der Waals surface area (Å²) in [6.45, 7) is 2.55. The van der Waals surface area contributed by atoms with E-state index in [1.165, 1.54) is 25.4 Å². The minimum Gasteiger partial charge on any atom is -0.489 e. The number of nitrogens with zero attached hydrogens (tertiary/aromatic N) is 5. The Bertz CT molecular complexity index is 1480. The number of ether oxygens (including phenoxy) is 1. The van der Waals surface area contributed by atoms with E-state index >= 15 is 0 Å². The van der Waals surface area contributed by atoms with Crippen LogP contribution in [0, 0.1) is 6.92 Å². The van der Waals surface area contributed by atoms with Crippen LogP contribution in [0.2, 0.25) is 5.02 Å². The van der Waals surface area contributed by atoms with E-state index in [2.05, 4.69) is 19.9 Å². The smallest absolute Gasteiger partial charge is 0.418 e. The van der Waals surface area contributed by atoms with Crippen molar-refractivity contribution in [1.29, 1.82) is 0 Å². The molecule has 0 atom stereocenters. The molecule has 1 aromatic carbocycles. The summed E-state index contributed by atoms with van der Waals surface area (Å²) in [6, 6.07) is 4.71. The number of halogens is 4. The number of nitrogen functional groups attached to an aromatic ring is 1. The maximum absolute atomic E-state index is 14.0. The summed E-state index contributed by atoms with van der Waals surface area (Å²) < 4.78 is 48.0. The van der Waals surface area contributed by atoms with Crippen LogP contribution in [0.4, 0.5) is 24.8 Å². The van der Waals surface area contributed by atoms with Crippen molar-refractivity contribution in [3.8, 4) is 17.0 Å². The molecule has 1 aliphatic rings. The van der Waals surface area contributed by atoms with Crippen molar-refractivity contribution in [3.63, 3.8) is 0 Å². The fourth-order valence-corrected chi connectivity index (χ4v) is 5.08. The first kappa shape index (κ1) is 24.4. The van der Waals surface area contributed by atoms with Gasteiger partial charge in [0.2, 0.25) is 0 Å². The van der Waals surface area contributed by atoms with Crippen LogP contribution in [0.25, 0.3) is 22.2 Å². The molecule has 0 amide bonds. The van der Waals surface area contributed by atoms with Crippen molar-refractivity contribution in [1.82, 2.24) is 19.9 Å². The first-order valence-electron chi connectivity index (χ1n) is 10.8. The Kier molecular flexibility index (Phi) is 6.29. The van der Waals surface area contributed by atoms with Gasteiger partial charge >= 0.3 is 6.18 Å². The van der Waals surface area contributed by atoms with Crippen LogP contribution in [-0.2, 0) is 12.7 Å². The zero-order chi connectivity index (χ0) is 25.6. The van der Waals surface area contributed by atoms with E-state index in [-0.39, 0.29) is 40.0 Å². The Hall–Kier alpha value is -3.31. The molecule has 186 valence electrons. The highest BCUT2D eigenvalue weighted by Gasteiger charge is 2.38. The molecule has 36 heavy (non-hydrogen) atoms. The van der Waals surface area contributed by atoms with Gasteiger partial charge in [-0.1, -0.05) is 11.6 Å². The predicted octanol–water partition coefficient (Wildman–Crippen LogP) is 5.77. The first-order valence-corrected chi connectivity index (χ1v) is 12.4. The Morgan fingerprint density at radius 1 is 1.19 bits per heavy atom. The molecular formula is C24H20ClF3N6OS. The Morgan fingerprint density at radius 3 is 2.75 bits per heavy atom. The predicted molar refractivity (Wildman–Crippen MR) is 134 cm³/mol. The molecule has 7 nitrogen and oxygen atoms in total. The number of aryl methyl sites for hydroxylation is 1. The molecule has 3 aromatic heterocycles. The number of benzene rings is 1. The third-order valence-corrected chi connectivity index (χ3v) is 6.93. The fourth-order valence-electron chi connectivity index (χ4n) is 4.35. The van der Waals surface area contributed by atoms with E-state index in [9.17, 15) is 13.2 Å². The Morgan fingerprint density at radius 2 is 2.00 bits per heavy atom. The van der Waals surface area contributed by atoms with Gasteiger partial charge in [-0.2, -0.15) is 13.2 Å². The number of aromatic nitrogens is 4. The highest BCUT2D eigenvalue weighted by atomic mass is 35.5. The van der Waals surface area contributed by atoms with Crippen LogP contribution in [0.3, 0.4) is 0 Å².